The van der Waals surface area contributed by atoms with Gasteiger partial charge in [-0.2, -0.15) is 5.06 Å². The highest BCUT2D eigenvalue weighted by Gasteiger charge is 2.32. The Bertz CT molecular complexity index is 1080. The third kappa shape index (κ3) is 3.97. The fraction of sp³-hybridized carbons (Fsp3) is 0.238. The molecule has 2 amide bonds. The van der Waals surface area contributed by atoms with Crippen molar-refractivity contribution in [3.63, 3.8) is 0 Å². The highest BCUT2D eigenvalue weighted by atomic mass is 19.1. The highest BCUT2D eigenvalue weighted by molar-refractivity contribution is 6.10. The average molecular weight is 405 g/mol. The zero-order valence-electron chi connectivity index (χ0n) is 18.5. The summed E-state index contributed by atoms with van der Waals surface area (Å²) >= 11 is 0. The van der Waals surface area contributed by atoms with Crippen molar-refractivity contribution in [3.05, 3.63) is 59.2 Å². The van der Waals surface area contributed by atoms with Crippen LogP contribution in [0.15, 0.2) is 47.5 Å². The maximum Gasteiger partial charge on any atom is 0.278 e. The van der Waals surface area contributed by atoms with Gasteiger partial charge in [-0.05, 0) is 54.7 Å². The van der Waals surface area contributed by atoms with Crippen LogP contribution in [0.5, 0.6) is 5.75 Å². The van der Waals surface area contributed by atoms with Gasteiger partial charge in [-0.25, -0.2) is 8.78 Å². The number of hydrogen-bond acceptors (Lipinski definition) is 4. The van der Waals surface area contributed by atoms with Gasteiger partial charge in [-0.3, -0.25) is 14.4 Å². The molecule has 1 aliphatic rings. The molecule has 0 heterocycles. The zero-order chi connectivity index (χ0) is 23.6. The number of nitrogens with two attached hydrogens (primary N) is 1. The number of amides is 2. The van der Waals surface area contributed by atoms with E-state index in [0.29, 0.717) is 23.5 Å². The number of carbonyl (C=O) groups is 2. The molecule has 0 spiro atoms. The monoisotopic (exact) mass is 405 g/mol. The number of rotatable bonds is 6. The number of nitrogens with zero attached hydrogens (tertiary/aromatic N) is 1. The number of carbonyl (C=O) groups excluding carboxylic acids is 2. The third-order valence-corrected chi connectivity index (χ3v) is 4.65. The molecule has 2 aromatic carbocycles. The summed E-state index contributed by atoms with van der Waals surface area (Å²) in [6.07, 6.45) is 1.04. The minimum Gasteiger partial charge on any atom is -0.497 e. The number of ether oxygens (including phenoxy) is 1. The number of hydroxylamine groups is 1. The zero-order valence-corrected chi connectivity index (χ0v) is 15.5. The number of halogens is 2. The Labute approximate surface area is 170 Å². The number of benzene rings is 2. The summed E-state index contributed by atoms with van der Waals surface area (Å²) in [7, 11) is -1.61. The number of methoxy groups -OCH3 is 1. The predicted molar refractivity (Wildman–Crippen MR) is 103 cm³/mol. The smallest absolute Gasteiger partial charge is 0.278 e. The molecule has 0 fully saturated rings. The standard InChI is InChI=1S/C21H20F2N2O4/c1-28-14-6-3-5-12(9-14)13-10-17(22)19(18(23)11-13)25(29-2)21(27)16-8-4-7-15(16)20(24)26/h3,5-6,9-11H,4,7-8H2,1-2H3,(H2,24,26)/i1D3. The van der Waals surface area contributed by atoms with E-state index in [0.717, 1.165) is 19.2 Å². The Kier molecular flexibility index (Phi) is 4.83. The molecule has 6 nitrogen and oxygen atoms in total. The van der Waals surface area contributed by atoms with Crippen molar-refractivity contribution in [3.8, 4) is 16.9 Å². The molecule has 2 aromatic rings. The predicted octanol–water partition coefficient (Wildman–Crippen LogP) is 3.50. The van der Waals surface area contributed by atoms with Gasteiger partial charge in [0.2, 0.25) is 5.91 Å². The van der Waals surface area contributed by atoms with E-state index in [1.54, 1.807) is 0 Å². The second-order valence-electron chi connectivity index (χ2n) is 6.38. The van der Waals surface area contributed by atoms with Crippen LogP contribution in [0.25, 0.3) is 11.1 Å². The summed E-state index contributed by atoms with van der Waals surface area (Å²) in [5.74, 6) is -3.85. The van der Waals surface area contributed by atoms with Crippen LogP contribution in [0, 0.1) is 11.6 Å². The molecule has 0 radical (unpaired) electrons. The van der Waals surface area contributed by atoms with Crippen molar-refractivity contribution in [2.24, 2.45) is 5.73 Å². The maximum absolute atomic E-state index is 15.0. The van der Waals surface area contributed by atoms with Crippen molar-refractivity contribution >= 4 is 17.5 Å². The topological polar surface area (TPSA) is 81.9 Å². The normalized spacial score (nSPS) is 15.5. The molecule has 0 aliphatic heterocycles. The second kappa shape index (κ2) is 8.40. The first kappa shape index (κ1) is 16.7. The Balaban J connectivity index is 1.98. The first-order valence-electron chi connectivity index (χ1n) is 10.2. The van der Waals surface area contributed by atoms with Gasteiger partial charge in [-0.15, -0.1) is 0 Å². The van der Waals surface area contributed by atoms with Crippen LogP contribution in [-0.2, 0) is 14.4 Å². The molecule has 0 unspecified atom stereocenters. The molecule has 0 bridgehead atoms. The van der Waals surface area contributed by atoms with Crippen molar-refractivity contribution < 1.29 is 32.1 Å². The summed E-state index contributed by atoms with van der Waals surface area (Å²) in [5.41, 5.74) is 5.09. The van der Waals surface area contributed by atoms with Gasteiger partial charge in [0.25, 0.3) is 5.91 Å². The van der Waals surface area contributed by atoms with Gasteiger partial charge in [0.05, 0.1) is 18.3 Å². The van der Waals surface area contributed by atoms with E-state index >= 15 is 0 Å². The quantitative estimate of drug-likeness (QED) is 0.746. The minimum atomic E-state index is -2.68. The van der Waals surface area contributed by atoms with Gasteiger partial charge >= 0.3 is 0 Å². The fourth-order valence-electron chi connectivity index (χ4n) is 3.32. The lowest BCUT2D eigenvalue weighted by atomic mass is 10.0. The van der Waals surface area contributed by atoms with Crippen molar-refractivity contribution in [2.75, 3.05) is 19.2 Å². The molecule has 8 heteroatoms. The molecular formula is C21H20F2N2O4. The van der Waals surface area contributed by atoms with E-state index in [1.165, 1.54) is 24.3 Å². The van der Waals surface area contributed by atoms with Crippen molar-refractivity contribution in [1.82, 2.24) is 0 Å². The molecule has 1 aliphatic carbocycles. The van der Waals surface area contributed by atoms with Gasteiger partial charge in [0, 0.05) is 11.1 Å². The van der Waals surface area contributed by atoms with E-state index < -0.39 is 36.2 Å². The molecule has 3 rings (SSSR count). The minimum absolute atomic E-state index is 0.00626. The lowest BCUT2D eigenvalue weighted by Crippen LogP contribution is -2.33. The Morgan fingerprint density at radius 1 is 1.10 bits per heavy atom. The molecular weight excluding hydrogens is 382 g/mol. The summed E-state index contributed by atoms with van der Waals surface area (Å²) in [4.78, 5) is 29.4. The van der Waals surface area contributed by atoms with Crippen molar-refractivity contribution in [1.29, 1.82) is 0 Å². The van der Waals surface area contributed by atoms with Crippen molar-refractivity contribution in [2.45, 2.75) is 19.3 Å². The van der Waals surface area contributed by atoms with E-state index in [9.17, 15) is 18.4 Å². The van der Waals surface area contributed by atoms with E-state index in [1.807, 2.05) is 0 Å². The summed E-state index contributed by atoms with van der Waals surface area (Å²) in [6, 6.07) is 7.66. The third-order valence-electron chi connectivity index (χ3n) is 4.65. The van der Waals surface area contributed by atoms with E-state index in [2.05, 4.69) is 0 Å². The molecule has 2 N–H and O–H groups in total. The summed E-state index contributed by atoms with van der Waals surface area (Å²) in [5, 5.41) is 0.451. The largest absolute Gasteiger partial charge is 0.497 e. The molecule has 0 saturated carbocycles. The Hall–Kier alpha value is -3.26. The number of anilines is 1. The van der Waals surface area contributed by atoms with Gasteiger partial charge < -0.3 is 10.5 Å². The first-order chi connectivity index (χ1) is 15.0. The Morgan fingerprint density at radius 3 is 2.41 bits per heavy atom. The second-order valence-corrected chi connectivity index (χ2v) is 6.38. The SMILES string of the molecule is [2H]C([2H])([2H])Oc1cccc(-c2cc(F)c(N(OC)C(=O)C3=C(C(N)=O)CCC3)c(F)c2)c1. The fourth-order valence-corrected chi connectivity index (χ4v) is 3.32. The molecule has 0 atom stereocenters. The van der Waals surface area contributed by atoms with Gasteiger partial charge in [0.15, 0.2) is 11.6 Å². The van der Waals surface area contributed by atoms with E-state index in [4.69, 9.17) is 19.4 Å². The lowest BCUT2D eigenvalue weighted by Gasteiger charge is -2.22. The van der Waals surface area contributed by atoms with E-state index in [-0.39, 0.29) is 28.9 Å². The average Bonchev–Trinajstić information content (AvgIpc) is 3.19. The first-order valence-corrected chi connectivity index (χ1v) is 8.70. The molecule has 29 heavy (non-hydrogen) atoms. The van der Waals surface area contributed by atoms with Crippen LogP contribution in [0.4, 0.5) is 14.5 Å². The van der Waals surface area contributed by atoms with Crippen LogP contribution in [0.1, 0.15) is 23.4 Å². The van der Waals surface area contributed by atoms with Crippen LogP contribution in [-0.4, -0.2) is 26.0 Å². The summed E-state index contributed by atoms with van der Waals surface area (Å²) in [6.45, 7) is 0. The molecule has 0 saturated heterocycles. The van der Waals surface area contributed by atoms with Gasteiger partial charge in [0.1, 0.15) is 11.4 Å². The van der Waals surface area contributed by atoms with Crippen LogP contribution >= 0.6 is 0 Å². The van der Waals surface area contributed by atoms with Crippen LogP contribution < -0.4 is 15.5 Å². The Morgan fingerprint density at radius 2 is 1.79 bits per heavy atom. The number of hydrogen-bond donors (Lipinski definition) is 1. The lowest BCUT2D eigenvalue weighted by molar-refractivity contribution is -0.122. The number of primary amides is 1. The molecule has 152 valence electrons. The van der Waals surface area contributed by atoms with Crippen LogP contribution in [0.2, 0.25) is 0 Å². The highest BCUT2D eigenvalue weighted by Crippen LogP contribution is 2.34. The van der Waals surface area contributed by atoms with Crippen LogP contribution in [0.3, 0.4) is 0 Å². The maximum atomic E-state index is 15.0. The summed E-state index contributed by atoms with van der Waals surface area (Å²) < 4.78 is 56.3. The van der Waals surface area contributed by atoms with Gasteiger partial charge in [-0.1, -0.05) is 12.1 Å². The molecule has 0 aromatic heterocycles.